The van der Waals surface area contributed by atoms with Crippen LogP contribution in [0.2, 0.25) is 0 Å². The number of Topliss-reactive ketones (excluding diaryl/α,β-unsaturated/α-hetero) is 2. The van der Waals surface area contributed by atoms with Crippen LogP contribution in [-0.4, -0.2) is 34.9 Å². The van der Waals surface area contributed by atoms with E-state index in [1.165, 1.54) is 32.5 Å². The largest absolute Gasteiger partial charge is 0.331 e. The van der Waals surface area contributed by atoms with Gasteiger partial charge in [0.05, 0.1) is 0 Å². The zero-order chi connectivity index (χ0) is 22.5. The molecule has 2 aromatic carbocycles. The molecular weight excluding hydrogens is 420 g/mol. The lowest BCUT2D eigenvalue weighted by molar-refractivity contribution is -0.141. The second-order valence-electron chi connectivity index (χ2n) is 6.66. The van der Waals surface area contributed by atoms with Crippen LogP contribution in [0.3, 0.4) is 0 Å². The third kappa shape index (κ3) is 5.52. The summed E-state index contributed by atoms with van der Waals surface area (Å²) in [6.45, 7) is 3.90. The Morgan fingerprint density at radius 2 is 1.55 bits per heavy atom. The van der Waals surface area contributed by atoms with Crippen LogP contribution < -0.4 is 0 Å². The Kier molecular flexibility index (Phi) is 6.76. The van der Waals surface area contributed by atoms with E-state index in [1.807, 2.05) is 12.1 Å². The van der Waals surface area contributed by atoms with Gasteiger partial charge in [0.25, 0.3) is 0 Å². The molecule has 1 aliphatic rings. The molecule has 0 saturated carbocycles. The summed E-state index contributed by atoms with van der Waals surface area (Å²) in [4.78, 5) is 57.2. The van der Waals surface area contributed by atoms with E-state index in [1.54, 1.807) is 30.3 Å². The van der Waals surface area contributed by atoms with E-state index in [0.29, 0.717) is 17.5 Å². The SMILES string of the molecule is CC(=O)ON=C1Cc2cc(Sc3ccc(C(=O)/C(C)=N/OC(C)=O)cc3)ccc2C1=O. The zero-order valence-electron chi connectivity index (χ0n) is 17.0. The van der Waals surface area contributed by atoms with Crippen molar-refractivity contribution in [3.63, 3.8) is 0 Å². The Labute approximate surface area is 182 Å². The van der Waals surface area contributed by atoms with Crippen molar-refractivity contribution in [1.29, 1.82) is 0 Å². The maximum Gasteiger partial charge on any atom is 0.331 e. The second-order valence-corrected chi connectivity index (χ2v) is 7.81. The molecule has 0 bridgehead atoms. The standard InChI is InChI=1S/C22H18N2O6S/c1-12(23-29-13(2)25)21(27)15-4-6-17(7-5-15)31-18-8-9-19-16(10-18)11-20(22(19)28)24-30-14(3)26/h4-10H,11H2,1-3H3/b23-12+,24-20?. The van der Waals surface area contributed by atoms with Crippen LogP contribution in [0.25, 0.3) is 0 Å². The first-order valence-electron chi connectivity index (χ1n) is 9.21. The summed E-state index contributed by atoms with van der Waals surface area (Å²) in [5, 5.41) is 7.14. The molecule has 0 N–H and O–H groups in total. The van der Waals surface area contributed by atoms with Crippen LogP contribution in [0.1, 0.15) is 47.1 Å². The average Bonchev–Trinajstić information content (AvgIpc) is 3.05. The van der Waals surface area contributed by atoms with Gasteiger partial charge >= 0.3 is 11.9 Å². The molecule has 0 unspecified atom stereocenters. The van der Waals surface area contributed by atoms with Crippen molar-refractivity contribution in [3.8, 4) is 0 Å². The number of ketones is 2. The van der Waals surface area contributed by atoms with Crippen molar-refractivity contribution >= 4 is 46.7 Å². The van der Waals surface area contributed by atoms with Crippen molar-refractivity contribution in [2.45, 2.75) is 37.0 Å². The molecule has 0 fully saturated rings. The zero-order valence-corrected chi connectivity index (χ0v) is 17.8. The minimum Gasteiger partial charge on any atom is -0.318 e. The maximum atomic E-state index is 12.3. The summed E-state index contributed by atoms with van der Waals surface area (Å²) in [5.74, 6) is -1.77. The normalized spacial score (nSPS) is 14.4. The lowest BCUT2D eigenvalue weighted by Gasteiger charge is -2.05. The Morgan fingerprint density at radius 3 is 2.19 bits per heavy atom. The molecule has 0 radical (unpaired) electrons. The van der Waals surface area contributed by atoms with Crippen LogP contribution in [0.5, 0.6) is 0 Å². The number of carbonyl (C=O) groups excluding carboxylic acids is 4. The van der Waals surface area contributed by atoms with E-state index in [0.717, 1.165) is 15.4 Å². The van der Waals surface area contributed by atoms with Crippen LogP contribution >= 0.6 is 11.8 Å². The summed E-state index contributed by atoms with van der Waals surface area (Å²) in [6.07, 6.45) is 0.296. The topological polar surface area (TPSA) is 111 Å². The molecule has 0 amide bonds. The van der Waals surface area contributed by atoms with Gasteiger partial charge in [-0.1, -0.05) is 22.1 Å². The van der Waals surface area contributed by atoms with E-state index in [9.17, 15) is 19.2 Å². The molecule has 0 heterocycles. The first-order chi connectivity index (χ1) is 14.7. The summed E-state index contributed by atoms with van der Waals surface area (Å²) < 4.78 is 0. The number of benzene rings is 2. The van der Waals surface area contributed by atoms with E-state index >= 15 is 0 Å². The molecule has 31 heavy (non-hydrogen) atoms. The fourth-order valence-corrected chi connectivity index (χ4v) is 3.69. The van der Waals surface area contributed by atoms with Crippen LogP contribution in [-0.2, 0) is 25.7 Å². The predicted molar refractivity (Wildman–Crippen MR) is 113 cm³/mol. The fourth-order valence-electron chi connectivity index (χ4n) is 2.80. The van der Waals surface area contributed by atoms with Gasteiger partial charge in [0.2, 0.25) is 11.6 Å². The first-order valence-corrected chi connectivity index (χ1v) is 10.0. The lowest BCUT2D eigenvalue weighted by Crippen LogP contribution is -2.11. The minimum absolute atomic E-state index is 0.0742. The third-order valence-electron chi connectivity index (χ3n) is 4.22. The summed E-state index contributed by atoms with van der Waals surface area (Å²) in [6, 6.07) is 12.4. The Hall–Kier alpha value is -3.59. The highest BCUT2D eigenvalue weighted by molar-refractivity contribution is 7.99. The van der Waals surface area contributed by atoms with Gasteiger partial charge in [0, 0.05) is 41.2 Å². The van der Waals surface area contributed by atoms with Crippen molar-refractivity contribution in [3.05, 3.63) is 59.2 Å². The van der Waals surface area contributed by atoms with E-state index in [-0.39, 0.29) is 23.0 Å². The maximum absolute atomic E-state index is 12.3. The van der Waals surface area contributed by atoms with Crippen LogP contribution in [0.15, 0.2) is 62.6 Å². The molecule has 9 heteroatoms. The number of hydrogen-bond donors (Lipinski definition) is 0. The molecule has 3 rings (SSSR count). The molecular formula is C22H18N2O6S. The molecule has 0 saturated heterocycles. The van der Waals surface area contributed by atoms with Gasteiger partial charge in [-0.05, 0) is 55.0 Å². The molecule has 2 aromatic rings. The molecule has 0 spiro atoms. The molecule has 0 aliphatic heterocycles. The highest BCUT2D eigenvalue weighted by atomic mass is 32.2. The van der Waals surface area contributed by atoms with Crippen molar-refractivity contribution in [2.75, 3.05) is 0 Å². The number of fused-ring (bicyclic) bond motifs is 1. The van der Waals surface area contributed by atoms with E-state index in [4.69, 9.17) is 0 Å². The van der Waals surface area contributed by atoms with Crippen molar-refractivity contribution in [2.24, 2.45) is 10.3 Å². The van der Waals surface area contributed by atoms with Gasteiger partial charge in [0.1, 0.15) is 11.4 Å². The highest BCUT2D eigenvalue weighted by Gasteiger charge is 2.27. The molecule has 1 aliphatic carbocycles. The molecule has 8 nitrogen and oxygen atoms in total. The molecule has 0 atom stereocenters. The Bertz CT molecular complexity index is 1140. The summed E-state index contributed by atoms with van der Waals surface area (Å²) in [5.41, 5.74) is 2.04. The van der Waals surface area contributed by atoms with Gasteiger partial charge in [-0.2, -0.15) is 0 Å². The van der Waals surface area contributed by atoms with Crippen molar-refractivity contribution < 1.29 is 28.9 Å². The fraction of sp³-hybridized carbons (Fsp3) is 0.182. The van der Waals surface area contributed by atoms with Crippen LogP contribution in [0, 0.1) is 0 Å². The summed E-state index contributed by atoms with van der Waals surface area (Å²) in [7, 11) is 0. The van der Waals surface area contributed by atoms with Gasteiger partial charge in [-0.3, -0.25) is 9.59 Å². The van der Waals surface area contributed by atoms with E-state index < -0.39 is 11.9 Å². The Morgan fingerprint density at radius 1 is 0.903 bits per heavy atom. The van der Waals surface area contributed by atoms with Gasteiger partial charge in [-0.15, -0.1) is 0 Å². The van der Waals surface area contributed by atoms with Gasteiger partial charge in [-0.25, -0.2) is 9.59 Å². The van der Waals surface area contributed by atoms with Gasteiger partial charge < -0.3 is 9.68 Å². The smallest absolute Gasteiger partial charge is 0.318 e. The number of rotatable bonds is 6. The van der Waals surface area contributed by atoms with Crippen LogP contribution in [0.4, 0.5) is 0 Å². The summed E-state index contributed by atoms with van der Waals surface area (Å²) >= 11 is 1.47. The molecule has 158 valence electrons. The quantitative estimate of drug-likeness (QED) is 0.293. The lowest BCUT2D eigenvalue weighted by atomic mass is 10.1. The van der Waals surface area contributed by atoms with Crippen molar-refractivity contribution in [1.82, 2.24) is 0 Å². The van der Waals surface area contributed by atoms with Gasteiger partial charge in [0.15, 0.2) is 0 Å². The number of nitrogens with zero attached hydrogens (tertiary/aromatic N) is 2. The third-order valence-corrected chi connectivity index (χ3v) is 5.22. The first kappa shape index (κ1) is 22.1. The monoisotopic (exact) mass is 438 g/mol. The Balaban J connectivity index is 1.70. The molecule has 0 aromatic heterocycles. The average molecular weight is 438 g/mol. The number of carbonyl (C=O) groups is 4. The van der Waals surface area contributed by atoms with E-state index in [2.05, 4.69) is 20.0 Å². The minimum atomic E-state index is -0.597. The second kappa shape index (κ2) is 9.48. The number of hydrogen-bond acceptors (Lipinski definition) is 9. The highest BCUT2D eigenvalue weighted by Crippen LogP contribution is 2.32. The predicted octanol–water partition coefficient (Wildman–Crippen LogP) is 3.62. The number of oxime groups is 2.